The number of thiol groups is 1. The number of rotatable bonds is 7. The van der Waals surface area contributed by atoms with Crippen LogP contribution in [0.25, 0.3) is 0 Å². The van der Waals surface area contributed by atoms with Crippen molar-refractivity contribution in [3.05, 3.63) is 35.9 Å². The summed E-state index contributed by atoms with van der Waals surface area (Å²) in [5.74, 6) is -1.17. The fourth-order valence-corrected chi connectivity index (χ4v) is 2.09. The summed E-state index contributed by atoms with van der Waals surface area (Å²) in [6, 6.07) is 8.51. The number of carboxylic acid groups (broad SMARTS) is 1. The summed E-state index contributed by atoms with van der Waals surface area (Å²) in [4.78, 5) is 22.8. The molecule has 0 fully saturated rings. The molecule has 4 nitrogen and oxygen atoms in total. The second-order valence-corrected chi connectivity index (χ2v) is 5.13. The Morgan fingerprint density at radius 3 is 2.33 bits per heavy atom. The molecule has 1 rings (SSSR count). The van der Waals surface area contributed by atoms with Gasteiger partial charge in [0.15, 0.2) is 0 Å². The van der Waals surface area contributed by atoms with E-state index in [4.69, 9.17) is 17.7 Å². The summed E-state index contributed by atoms with van der Waals surface area (Å²) in [5, 5.41) is 10.8. The van der Waals surface area contributed by atoms with Crippen LogP contribution >= 0.6 is 12.6 Å². The fraction of sp³-hybridized carbons (Fsp3) is 0.385. The van der Waals surface area contributed by atoms with E-state index in [-0.39, 0.29) is 46.6 Å². The normalized spacial score (nSPS) is 12.3. The minimum absolute atomic E-state index is 0. The first-order chi connectivity index (χ1) is 9.04. The number of benzene rings is 1. The van der Waals surface area contributed by atoms with Crippen molar-refractivity contribution < 1.29 is 34.8 Å². The van der Waals surface area contributed by atoms with Crippen molar-refractivity contribution in [1.82, 2.24) is 5.32 Å². The van der Waals surface area contributed by atoms with Crippen LogP contribution in [0, 0.1) is 0 Å². The van der Waals surface area contributed by atoms with Crippen molar-refractivity contribution in [1.29, 1.82) is 0 Å². The zero-order chi connectivity index (χ0) is 14.3. The molecule has 1 aromatic carbocycles. The van der Waals surface area contributed by atoms with Crippen LogP contribution in [0.4, 0.5) is 0 Å². The van der Waals surface area contributed by atoms with Gasteiger partial charge in [0.2, 0.25) is 5.91 Å². The van der Waals surface area contributed by atoms with E-state index in [0.29, 0.717) is 6.42 Å². The third kappa shape index (κ3) is 8.56. The van der Waals surface area contributed by atoms with Gasteiger partial charge >= 0.3 is 5.97 Å². The molecule has 0 saturated carbocycles. The van der Waals surface area contributed by atoms with Gasteiger partial charge < -0.3 is 23.1 Å². The molecule has 0 aliphatic heterocycles. The molecular formula is C13H17BIrNO3S2-. The minimum Gasteiger partial charge on any atom is -0.793 e. The number of amides is 1. The van der Waals surface area contributed by atoms with Crippen molar-refractivity contribution in [2.24, 2.45) is 0 Å². The van der Waals surface area contributed by atoms with Crippen LogP contribution < -0.4 is 5.32 Å². The van der Waals surface area contributed by atoms with Gasteiger partial charge in [-0.05, 0) is 18.4 Å². The van der Waals surface area contributed by atoms with E-state index >= 15 is 0 Å². The molecule has 1 amide bonds. The molecule has 0 bridgehead atoms. The van der Waals surface area contributed by atoms with Crippen molar-refractivity contribution in [2.75, 3.05) is 5.75 Å². The van der Waals surface area contributed by atoms with E-state index in [2.05, 4.69) is 17.9 Å². The van der Waals surface area contributed by atoms with E-state index in [1.54, 1.807) is 0 Å². The van der Waals surface area contributed by atoms with Gasteiger partial charge in [0.25, 0.3) is 0 Å². The van der Waals surface area contributed by atoms with Gasteiger partial charge in [-0.2, -0.15) is 18.4 Å². The van der Waals surface area contributed by atoms with Gasteiger partial charge in [-0.25, -0.2) is 4.79 Å². The number of nitrogens with one attached hydrogen (secondary N) is 1. The van der Waals surface area contributed by atoms with Gasteiger partial charge in [-0.1, -0.05) is 30.3 Å². The third-order valence-electron chi connectivity index (χ3n) is 2.60. The Hall–Kier alpha value is -0.426. The average Bonchev–Trinajstić information content (AvgIpc) is 2.39. The Kier molecular flexibility index (Phi) is 13.2. The Labute approximate surface area is 151 Å². The smallest absolute Gasteiger partial charge is 0.326 e. The van der Waals surface area contributed by atoms with Crippen LogP contribution in [0.15, 0.2) is 30.3 Å². The summed E-state index contributed by atoms with van der Waals surface area (Å²) in [6.45, 7) is 0. The molecule has 2 N–H and O–H groups in total. The van der Waals surface area contributed by atoms with Crippen molar-refractivity contribution >= 4 is 45.5 Å². The first-order valence-electron chi connectivity index (χ1n) is 5.88. The summed E-state index contributed by atoms with van der Waals surface area (Å²) in [5.41, 5.74) is 0.979. The van der Waals surface area contributed by atoms with Crippen LogP contribution in [0.3, 0.4) is 0 Å². The van der Waals surface area contributed by atoms with Gasteiger partial charge in [0.1, 0.15) is 6.04 Å². The average molecular weight is 502 g/mol. The zero-order valence-electron chi connectivity index (χ0n) is 11.3. The largest absolute Gasteiger partial charge is 0.793 e. The first-order valence-corrected chi connectivity index (χ1v) is 6.97. The molecule has 0 spiro atoms. The molecule has 117 valence electrons. The second kappa shape index (κ2) is 12.2. The number of carboxylic acids is 1. The number of hydrogen-bond donors (Lipinski definition) is 3. The van der Waals surface area contributed by atoms with E-state index in [9.17, 15) is 9.59 Å². The number of carbonyl (C=O) groups is 2. The fourth-order valence-electron chi connectivity index (χ4n) is 1.57. The standard InChI is InChI=1S/C13H17NO3S2.BH.Ir/c15-12(14-10(6-7-18)13(16)17)11(19)8-9-4-2-1-3-5-9;;/h1-5,10-11,18-19H,6-8H2,(H,14,15)(H,16,17);1H;/p-1. The zero-order valence-corrected chi connectivity index (χ0v) is 15.4. The SMILES string of the molecule is O=C(NC(CC[S-])C(=O)O)C(S)Cc1ccccc1.[BH].[Ir]. The number of hydrogen-bond acceptors (Lipinski definition) is 4. The molecule has 0 aliphatic rings. The third-order valence-corrected chi connectivity index (χ3v) is 3.25. The van der Waals surface area contributed by atoms with E-state index in [0.717, 1.165) is 5.56 Å². The predicted molar refractivity (Wildman–Crippen MR) is 86.5 cm³/mol. The molecule has 1 aromatic rings. The summed E-state index contributed by atoms with van der Waals surface area (Å²) in [6.07, 6.45) is 0.693. The summed E-state index contributed by atoms with van der Waals surface area (Å²) < 4.78 is 0. The van der Waals surface area contributed by atoms with Gasteiger partial charge in [-0.15, -0.1) is 0 Å². The maximum absolute atomic E-state index is 11.9. The molecule has 0 saturated heterocycles. The van der Waals surface area contributed by atoms with Gasteiger partial charge in [0.05, 0.1) is 5.25 Å². The molecule has 0 aliphatic carbocycles. The molecule has 21 heavy (non-hydrogen) atoms. The Morgan fingerprint density at radius 1 is 1.29 bits per heavy atom. The Morgan fingerprint density at radius 2 is 1.86 bits per heavy atom. The molecule has 0 aromatic heterocycles. The van der Waals surface area contributed by atoms with Crippen LogP contribution in [0.1, 0.15) is 12.0 Å². The quantitative estimate of drug-likeness (QED) is 0.287. The van der Waals surface area contributed by atoms with Crippen molar-refractivity contribution in [2.45, 2.75) is 24.1 Å². The first kappa shape index (κ1) is 22.8. The van der Waals surface area contributed by atoms with Crippen LogP contribution in [-0.4, -0.2) is 42.4 Å². The van der Waals surface area contributed by atoms with Gasteiger partial charge in [-0.3, -0.25) is 4.79 Å². The Balaban J connectivity index is 0. The van der Waals surface area contributed by atoms with Crippen LogP contribution in [0.5, 0.6) is 0 Å². The predicted octanol–water partition coefficient (Wildman–Crippen LogP) is 0.383. The topological polar surface area (TPSA) is 66.4 Å². The molecule has 8 heteroatoms. The van der Waals surface area contributed by atoms with Crippen molar-refractivity contribution in [3.63, 3.8) is 0 Å². The number of aliphatic carboxylic acids is 1. The summed E-state index contributed by atoms with van der Waals surface area (Å²) in [7, 11) is 0. The van der Waals surface area contributed by atoms with E-state index in [1.165, 1.54) is 0 Å². The van der Waals surface area contributed by atoms with Crippen LogP contribution in [-0.2, 0) is 48.7 Å². The second-order valence-electron chi connectivity index (χ2n) is 4.10. The maximum Gasteiger partial charge on any atom is 0.326 e. The molecule has 2 unspecified atom stereocenters. The van der Waals surface area contributed by atoms with Crippen molar-refractivity contribution in [3.8, 4) is 0 Å². The monoisotopic (exact) mass is 503 g/mol. The maximum atomic E-state index is 11.9. The Bertz CT molecular complexity index is 437. The summed E-state index contributed by atoms with van der Waals surface area (Å²) >= 11 is 8.95. The van der Waals surface area contributed by atoms with E-state index < -0.39 is 17.3 Å². The molecular weight excluding hydrogens is 485 g/mol. The minimum atomic E-state index is -1.07. The van der Waals surface area contributed by atoms with Gasteiger partial charge in [0, 0.05) is 28.5 Å². The number of carbonyl (C=O) groups excluding carboxylic acids is 1. The molecule has 2 atom stereocenters. The molecule has 0 heterocycles. The van der Waals surface area contributed by atoms with Crippen LogP contribution in [0.2, 0.25) is 0 Å². The van der Waals surface area contributed by atoms with E-state index in [1.807, 2.05) is 30.3 Å². The molecule has 3 radical (unpaired) electrons.